The highest BCUT2D eigenvalue weighted by Gasteiger charge is 2.43. The first kappa shape index (κ1) is 20.3. The maximum atomic E-state index is 15.2. The van der Waals surface area contributed by atoms with Gasteiger partial charge in [-0.1, -0.05) is 11.3 Å². The average molecular weight is 462 g/mol. The molecule has 11 heteroatoms. The predicted octanol–water partition coefficient (Wildman–Crippen LogP) is 4.06. The quantitative estimate of drug-likeness (QED) is 0.374. The second-order valence-electron chi connectivity index (χ2n) is 7.26. The minimum absolute atomic E-state index is 0.0598. The number of hydrogen-bond acceptors (Lipinski definition) is 7. The number of carbonyl (C=O) groups is 1. The van der Waals surface area contributed by atoms with Crippen molar-refractivity contribution in [2.75, 3.05) is 17.7 Å². The highest BCUT2D eigenvalue weighted by Crippen LogP contribution is 2.40. The fourth-order valence-electron chi connectivity index (χ4n) is 3.50. The van der Waals surface area contributed by atoms with Crippen molar-refractivity contribution in [2.24, 2.45) is 5.92 Å². The van der Waals surface area contributed by atoms with Crippen LogP contribution in [0.3, 0.4) is 0 Å². The number of halogens is 2. The molecule has 1 aliphatic carbocycles. The summed E-state index contributed by atoms with van der Waals surface area (Å²) in [6.07, 6.45) is 0.803. The van der Waals surface area contributed by atoms with E-state index in [-0.39, 0.29) is 24.8 Å². The van der Waals surface area contributed by atoms with Gasteiger partial charge in [-0.2, -0.15) is 5.10 Å². The first-order valence-corrected chi connectivity index (χ1v) is 11.4. The van der Waals surface area contributed by atoms with Crippen LogP contribution >= 0.6 is 23.1 Å². The molecule has 0 saturated heterocycles. The number of H-pyrrole nitrogens is 1. The number of aliphatic hydroxyl groups is 1. The normalized spacial score (nSPS) is 18.1. The fourth-order valence-corrected chi connectivity index (χ4v) is 5.21. The standard InChI is InChI=1S/C20H17F2N5O2S2/c1-8-14(10-7-23-27-16(10)17(15(8)22)30-5-4-28)12-2-3-13-19(24-12)31-20(25-13)26-18(29)9-6-11(9)21/h2-3,7,9,11,28H,4-6H2,1H3,(H,23,27)(H,25,26,29). The molecule has 1 aliphatic rings. The molecule has 31 heavy (non-hydrogen) atoms. The fraction of sp³-hybridized carbons (Fsp3) is 0.300. The zero-order valence-corrected chi connectivity index (χ0v) is 17.9. The lowest BCUT2D eigenvalue weighted by atomic mass is 10.00. The summed E-state index contributed by atoms with van der Waals surface area (Å²) in [4.78, 5) is 22.0. The number of thiazole rings is 1. The summed E-state index contributed by atoms with van der Waals surface area (Å²) in [6.45, 7) is 1.63. The van der Waals surface area contributed by atoms with Crippen LogP contribution in [0, 0.1) is 18.7 Å². The van der Waals surface area contributed by atoms with Crippen LogP contribution in [0.5, 0.6) is 0 Å². The summed E-state index contributed by atoms with van der Waals surface area (Å²) in [6, 6.07) is 3.51. The van der Waals surface area contributed by atoms with E-state index in [4.69, 9.17) is 5.11 Å². The first-order chi connectivity index (χ1) is 15.0. The molecule has 7 nitrogen and oxygen atoms in total. The Bertz CT molecular complexity index is 1320. The van der Waals surface area contributed by atoms with Gasteiger partial charge in [0.25, 0.3) is 0 Å². The summed E-state index contributed by atoms with van der Waals surface area (Å²) in [5.74, 6) is -0.985. The van der Waals surface area contributed by atoms with Crippen molar-refractivity contribution in [3.8, 4) is 11.3 Å². The van der Waals surface area contributed by atoms with Crippen LogP contribution in [0.15, 0.2) is 23.2 Å². The number of hydrogen-bond donors (Lipinski definition) is 3. The Hall–Kier alpha value is -2.63. The van der Waals surface area contributed by atoms with Gasteiger partial charge in [0.1, 0.15) is 22.3 Å². The Morgan fingerprint density at radius 3 is 2.97 bits per heavy atom. The molecule has 160 valence electrons. The third-order valence-corrected chi connectivity index (χ3v) is 7.11. The second-order valence-corrected chi connectivity index (χ2v) is 9.34. The number of aliphatic hydroxyl groups excluding tert-OH is 1. The van der Waals surface area contributed by atoms with Crippen LogP contribution in [0.4, 0.5) is 13.9 Å². The second kappa shape index (κ2) is 7.81. The Morgan fingerprint density at radius 2 is 2.23 bits per heavy atom. The zero-order valence-electron chi connectivity index (χ0n) is 16.3. The molecule has 4 aromatic rings. The molecule has 2 atom stereocenters. The van der Waals surface area contributed by atoms with Crippen LogP contribution < -0.4 is 5.32 Å². The number of aromatic amines is 1. The molecular formula is C20H17F2N5O2S2. The largest absolute Gasteiger partial charge is 0.396 e. The number of anilines is 1. The summed E-state index contributed by atoms with van der Waals surface area (Å²) in [5.41, 5.74) is 2.76. The number of pyridine rings is 1. The van der Waals surface area contributed by atoms with Crippen LogP contribution in [0.1, 0.15) is 12.0 Å². The van der Waals surface area contributed by atoms with Gasteiger partial charge in [-0.15, -0.1) is 11.8 Å². The van der Waals surface area contributed by atoms with E-state index in [9.17, 15) is 9.18 Å². The van der Waals surface area contributed by atoms with Crippen molar-refractivity contribution in [3.05, 3.63) is 29.7 Å². The van der Waals surface area contributed by atoms with Crippen LogP contribution in [0.25, 0.3) is 32.5 Å². The summed E-state index contributed by atoms with van der Waals surface area (Å²) >= 11 is 2.41. The lowest BCUT2D eigenvalue weighted by molar-refractivity contribution is -0.117. The first-order valence-electron chi connectivity index (χ1n) is 9.59. The van der Waals surface area contributed by atoms with Crippen LogP contribution in [-0.4, -0.2) is 49.7 Å². The molecule has 0 spiro atoms. The van der Waals surface area contributed by atoms with Gasteiger partial charge in [0.05, 0.1) is 34.8 Å². The molecule has 0 aliphatic heterocycles. The molecule has 1 amide bonds. The van der Waals surface area contributed by atoms with Crippen molar-refractivity contribution < 1.29 is 18.7 Å². The lowest BCUT2D eigenvalue weighted by Crippen LogP contribution is -2.14. The molecule has 5 rings (SSSR count). The lowest BCUT2D eigenvalue weighted by Gasteiger charge is -2.12. The minimum atomic E-state index is -1.08. The van der Waals surface area contributed by atoms with Gasteiger partial charge >= 0.3 is 0 Å². The predicted molar refractivity (Wildman–Crippen MR) is 117 cm³/mol. The van der Waals surface area contributed by atoms with E-state index < -0.39 is 12.1 Å². The van der Waals surface area contributed by atoms with E-state index in [1.54, 1.807) is 25.3 Å². The van der Waals surface area contributed by atoms with Gasteiger partial charge in [-0.05, 0) is 31.0 Å². The van der Waals surface area contributed by atoms with Crippen LogP contribution in [0.2, 0.25) is 0 Å². The molecule has 3 heterocycles. The third kappa shape index (κ3) is 3.56. The minimum Gasteiger partial charge on any atom is -0.396 e. The Balaban J connectivity index is 1.55. The van der Waals surface area contributed by atoms with E-state index in [1.807, 2.05) is 0 Å². The van der Waals surface area contributed by atoms with Crippen molar-refractivity contribution in [1.29, 1.82) is 0 Å². The molecule has 2 unspecified atom stereocenters. The van der Waals surface area contributed by atoms with Gasteiger partial charge in [-0.3, -0.25) is 9.89 Å². The maximum Gasteiger partial charge on any atom is 0.232 e. The average Bonchev–Trinajstić information content (AvgIpc) is 3.12. The summed E-state index contributed by atoms with van der Waals surface area (Å²) < 4.78 is 28.3. The zero-order chi connectivity index (χ0) is 21.7. The molecule has 0 radical (unpaired) electrons. The Labute approximate surface area is 183 Å². The van der Waals surface area contributed by atoms with Crippen molar-refractivity contribution in [2.45, 2.75) is 24.4 Å². The van der Waals surface area contributed by atoms with E-state index in [0.29, 0.717) is 48.5 Å². The van der Waals surface area contributed by atoms with Crippen molar-refractivity contribution in [3.63, 3.8) is 0 Å². The monoisotopic (exact) mass is 461 g/mol. The van der Waals surface area contributed by atoms with E-state index in [1.165, 1.54) is 23.1 Å². The SMILES string of the molecule is Cc1c(F)c(SCCO)c2[nH]ncc2c1-c1ccc2nc(NC(=O)C3CC3F)sc2n1. The topological polar surface area (TPSA) is 104 Å². The highest BCUT2D eigenvalue weighted by atomic mass is 32.2. The Kier molecular flexibility index (Phi) is 5.11. The molecule has 1 aromatic carbocycles. The molecule has 3 N–H and O–H groups in total. The third-order valence-electron chi connectivity index (χ3n) is 5.17. The Morgan fingerprint density at radius 1 is 1.42 bits per heavy atom. The number of nitrogens with zero attached hydrogens (tertiary/aromatic N) is 3. The van der Waals surface area contributed by atoms with E-state index in [0.717, 1.165) is 5.39 Å². The molecule has 1 fully saturated rings. The number of thioether (sulfide) groups is 1. The number of fused-ring (bicyclic) bond motifs is 2. The number of aromatic nitrogens is 4. The van der Waals surface area contributed by atoms with E-state index in [2.05, 4.69) is 25.5 Å². The molecule has 0 bridgehead atoms. The number of amides is 1. The number of alkyl halides is 1. The number of rotatable bonds is 6. The highest BCUT2D eigenvalue weighted by molar-refractivity contribution is 7.99. The van der Waals surface area contributed by atoms with Gasteiger partial charge < -0.3 is 10.4 Å². The number of benzene rings is 1. The number of carbonyl (C=O) groups excluding carboxylic acids is 1. The van der Waals surface area contributed by atoms with Crippen molar-refractivity contribution in [1.82, 2.24) is 20.2 Å². The van der Waals surface area contributed by atoms with Gasteiger partial charge in [0.15, 0.2) is 5.13 Å². The number of nitrogens with one attached hydrogen (secondary N) is 2. The molecule has 3 aromatic heterocycles. The van der Waals surface area contributed by atoms with Gasteiger partial charge in [-0.25, -0.2) is 18.7 Å². The molecule has 1 saturated carbocycles. The van der Waals surface area contributed by atoms with Crippen LogP contribution in [-0.2, 0) is 4.79 Å². The smallest absolute Gasteiger partial charge is 0.232 e. The summed E-state index contributed by atoms with van der Waals surface area (Å²) in [7, 11) is 0. The maximum absolute atomic E-state index is 15.2. The molecular weight excluding hydrogens is 444 g/mol. The van der Waals surface area contributed by atoms with Crippen molar-refractivity contribution >= 4 is 55.4 Å². The summed E-state index contributed by atoms with van der Waals surface area (Å²) in [5, 5.41) is 19.8. The van der Waals surface area contributed by atoms with Gasteiger partial charge in [0, 0.05) is 16.7 Å². The van der Waals surface area contributed by atoms with Gasteiger partial charge in [0.2, 0.25) is 5.91 Å². The van der Waals surface area contributed by atoms with E-state index >= 15 is 4.39 Å².